The van der Waals surface area contributed by atoms with Gasteiger partial charge in [-0.3, -0.25) is 0 Å². The third-order valence-corrected chi connectivity index (χ3v) is 6.09. The molecule has 0 aliphatic heterocycles. The monoisotopic (exact) mass is 473 g/mol. The van der Waals surface area contributed by atoms with Gasteiger partial charge in [0, 0.05) is 30.5 Å². The van der Waals surface area contributed by atoms with Crippen LogP contribution in [0.1, 0.15) is 45.1 Å². The number of H-pyrrole nitrogens is 1. The molecule has 182 valence electrons. The average molecular weight is 474 g/mol. The molecule has 4 rings (SSSR count). The van der Waals surface area contributed by atoms with Gasteiger partial charge in [-0.2, -0.15) is 13.2 Å². The maximum absolute atomic E-state index is 10.6. The van der Waals surface area contributed by atoms with Crippen LogP contribution in [0.3, 0.4) is 0 Å². The molecule has 1 heterocycles. The number of imidazole rings is 1. The zero-order chi connectivity index (χ0) is 24.8. The van der Waals surface area contributed by atoms with Gasteiger partial charge >= 0.3 is 12.1 Å². The van der Waals surface area contributed by atoms with Crippen LogP contribution in [0, 0.1) is 5.41 Å². The Morgan fingerprint density at radius 3 is 2.26 bits per heavy atom. The fourth-order valence-corrected chi connectivity index (χ4v) is 3.97. The van der Waals surface area contributed by atoms with Gasteiger partial charge in [-0.15, -0.1) is 0 Å². The van der Waals surface area contributed by atoms with Crippen LogP contribution in [-0.2, 0) is 11.3 Å². The summed E-state index contributed by atoms with van der Waals surface area (Å²) in [6.07, 6.45) is 3.79. The molecule has 0 saturated heterocycles. The topological polar surface area (TPSA) is 78.0 Å². The first kappa shape index (κ1) is 25.5. The molecule has 0 radical (unpaired) electrons. The fraction of sp³-hybridized carbons (Fsp3) is 0.385. The first-order valence-electron chi connectivity index (χ1n) is 11.3. The molecule has 34 heavy (non-hydrogen) atoms. The number of halogens is 3. The number of carbonyl (C=O) groups is 1. The Balaban J connectivity index is 0.000000406. The van der Waals surface area contributed by atoms with Crippen molar-refractivity contribution in [3.63, 3.8) is 0 Å². The van der Waals surface area contributed by atoms with Crippen molar-refractivity contribution in [3.05, 3.63) is 66.5 Å². The minimum Gasteiger partial charge on any atom is -0.475 e. The predicted octanol–water partition coefficient (Wildman–Crippen LogP) is 6.44. The van der Waals surface area contributed by atoms with Crippen molar-refractivity contribution in [1.29, 1.82) is 0 Å². The van der Waals surface area contributed by atoms with Crippen LogP contribution >= 0.6 is 0 Å². The molecular formula is C26H30F3N3O2. The Kier molecular flexibility index (Phi) is 8.15. The average Bonchev–Trinajstić information content (AvgIpc) is 3.34. The highest BCUT2D eigenvalue weighted by molar-refractivity contribution is 5.73. The number of carboxylic acid groups (broad SMARTS) is 1. The number of aromatic nitrogens is 2. The number of benzene rings is 2. The quantitative estimate of drug-likeness (QED) is 0.399. The lowest BCUT2D eigenvalue weighted by Crippen LogP contribution is -2.35. The maximum Gasteiger partial charge on any atom is 0.490 e. The molecule has 2 aromatic carbocycles. The van der Waals surface area contributed by atoms with Gasteiger partial charge in [0.05, 0.1) is 0 Å². The molecule has 3 aromatic rings. The third-order valence-electron chi connectivity index (χ3n) is 6.09. The minimum atomic E-state index is -5.08. The Labute approximate surface area is 197 Å². The minimum absolute atomic E-state index is 0.528. The molecule has 1 saturated carbocycles. The van der Waals surface area contributed by atoms with E-state index in [1.807, 2.05) is 6.20 Å². The molecule has 3 N–H and O–H groups in total. The van der Waals surface area contributed by atoms with Crippen molar-refractivity contribution in [2.45, 2.75) is 58.3 Å². The van der Waals surface area contributed by atoms with Gasteiger partial charge in [0.1, 0.15) is 5.82 Å². The van der Waals surface area contributed by atoms with Crippen LogP contribution in [0.15, 0.2) is 60.9 Å². The summed E-state index contributed by atoms with van der Waals surface area (Å²) in [5.41, 5.74) is 5.51. The first-order chi connectivity index (χ1) is 16.0. The second-order valence-corrected chi connectivity index (χ2v) is 9.34. The van der Waals surface area contributed by atoms with Crippen LogP contribution in [0.25, 0.3) is 22.5 Å². The third kappa shape index (κ3) is 7.45. The molecule has 8 heteroatoms. The molecule has 0 spiro atoms. The van der Waals surface area contributed by atoms with Gasteiger partial charge in [-0.1, -0.05) is 56.3 Å². The van der Waals surface area contributed by atoms with Gasteiger partial charge in [0.25, 0.3) is 0 Å². The zero-order valence-electron chi connectivity index (χ0n) is 19.3. The van der Waals surface area contributed by atoms with E-state index in [1.165, 1.54) is 42.4 Å². The summed E-state index contributed by atoms with van der Waals surface area (Å²) >= 11 is 0. The highest BCUT2D eigenvalue weighted by atomic mass is 19.4. The van der Waals surface area contributed by atoms with E-state index in [4.69, 9.17) is 9.90 Å². The zero-order valence-corrected chi connectivity index (χ0v) is 19.3. The van der Waals surface area contributed by atoms with Gasteiger partial charge in [0.15, 0.2) is 0 Å². The molecule has 0 bridgehead atoms. The second-order valence-electron chi connectivity index (χ2n) is 9.34. The molecule has 1 aromatic heterocycles. The number of carboxylic acids is 1. The van der Waals surface area contributed by atoms with Crippen molar-refractivity contribution in [2.24, 2.45) is 5.41 Å². The summed E-state index contributed by atoms with van der Waals surface area (Å²) < 4.78 is 31.7. The van der Waals surface area contributed by atoms with E-state index in [0.717, 1.165) is 17.9 Å². The van der Waals surface area contributed by atoms with E-state index in [-0.39, 0.29) is 0 Å². The van der Waals surface area contributed by atoms with Crippen LogP contribution in [0.5, 0.6) is 0 Å². The molecule has 1 fully saturated rings. The van der Waals surface area contributed by atoms with Gasteiger partial charge < -0.3 is 15.4 Å². The highest BCUT2D eigenvalue weighted by Gasteiger charge is 2.38. The Hall–Kier alpha value is -3.13. The van der Waals surface area contributed by atoms with E-state index in [9.17, 15) is 13.2 Å². The number of hydrogen-bond donors (Lipinski definition) is 3. The van der Waals surface area contributed by atoms with Crippen molar-refractivity contribution < 1.29 is 23.1 Å². The SMILES string of the molecule is CC1(C)CCC(NCc2cccc(-c3ccc(-c4ncc[nH]4)cc3)c2)CC1.O=C(O)C(F)(F)F. The molecule has 0 unspecified atom stereocenters. The van der Waals surface area contributed by atoms with Crippen molar-refractivity contribution >= 4 is 5.97 Å². The van der Waals surface area contributed by atoms with Crippen molar-refractivity contribution in [2.75, 3.05) is 0 Å². The predicted molar refractivity (Wildman–Crippen MR) is 126 cm³/mol. The van der Waals surface area contributed by atoms with Crippen LogP contribution < -0.4 is 5.32 Å². The lowest BCUT2D eigenvalue weighted by molar-refractivity contribution is -0.192. The maximum atomic E-state index is 10.6. The Bertz CT molecular complexity index is 1050. The van der Waals surface area contributed by atoms with E-state index in [2.05, 4.69) is 77.7 Å². The summed E-state index contributed by atoms with van der Waals surface area (Å²) in [5, 5.41) is 10.9. The summed E-state index contributed by atoms with van der Waals surface area (Å²) in [7, 11) is 0. The highest BCUT2D eigenvalue weighted by Crippen LogP contribution is 2.35. The molecule has 0 atom stereocenters. The number of aliphatic carboxylic acids is 1. The molecule has 0 amide bonds. The lowest BCUT2D eigenvalue weighted by atomic mass is 9.75. The van der Waals surface area contributed by atoms with E-state index >= 15 is 0 Å². The molecule has 1 aliphatic rings. The number of aromatic amines is 1. The van der Waals surface area contributed by atoms with Crippen LogP contribution in [0.4, 0.5) is 13.2 Å². The Morgan fingerprint density at radius 2 is 1.71 bits per heavy atom. The first-order valence-corrected chi connectivity index (χ1v) is 11.3. The largest absolute Gasteiger partial charge is 0.490 e. The van der Waals surface area contributed by atoms with E-state index in [1.54, 1.807) is 6.20 Å². The normalized spacial score (nSPS) is 15.9. The van der Waals surface area contributed by atoms with Gasteiger partial charge in [-0.25, -0.2) is 9.78 Å². The summed E-state index contributed by atoms with van der Waals surface area (Å²) in [6, 6.07) is 18.1. The van der Waals surface area contributed by atoms with Crippen molar-refractivity contribution in [1.82, 2.24) is 15.3 Å². The van der Waals surface area contributed by atoms with Gasteiger partial charge in [0.2, 0.25) is 0 Å². The fourth-order valence-electron chi connectivity index (χ4n) is 3.97. The van der Waals surface area contributed by atoms with E-state index in [0.29, 0.717) is 11.5 Å². The van der Waals surface area contributed by atoms with Crippen LogP contribution in [0.2, 0.25) is 0 Å². The lowest BCUT2D eigenvalue weighted by Gasteiger charge is -2.34. The summed E-state index contributed by atoms with van der Waals surface area (Å²) in [5.74, 6) is -1.84. The number of hydrogen-bond acceptors (Lipinski definition) is 3. The molecule has 5 nitrogen and oxygen atoms in total. The standard InChI is InChI=1S/C24H29N3.C2HF3O2/c1-24(2)12-10-22(11-13-24)27-17-18-4-3-5-21(16-18)19-6-8-20(9-7-19)23-25-14-15-26-23;3-2(4,5)1(6)7/h3-9,14-16,22,27H,10-13,17H2,1-2H3,(H,25,26);(H,6,7). The smallest absolute Gasteiger partial charge is 0.475 e. The van der Waals surface area contributed by atoms with Gasteiger partial charge in [-0.05, 0) is 53.9 Å². The number of nitrogens with one attached hydrogen (secondary N) is 2. The number of nitrogens with zero attached hydrogens (tertiary/aromatic N) is 1. The number of alkyl halides is 3. The summed E-state index contributed by atoms with van der Waals surface area (Å²) in [6.45, 7) is 5.73. The number of rotatable bonds is 5. The van der Waals surface area contributed by atoms with Crippen molar-refractivity contribution in [3.8, 4) is 22.5 Å². The van der Waals surface area contributed by atoms with Crippen LogP contribution in [-0.4, -0.2) is 33.3 Å². The Morgan fingerprint density at radius 1 is 1.09 bits per heavy atom. The molecule has 1 aliphatic carbocycles. The van der Waals surface area contributed by atoms with E-state index < -0.39 is 12.1 Å². The second kappa shape index (κ2) is 10.9. The molecular weight excluding hydrogens is 443 g/mol. The summed E-state index contributed by atoms with van der Waals surface area (Å²) in [4.78, 5) is 16.4.